The Kier molecular flexibility index (Phi) is 2.88. The first-order chi connectivity index (χ1) is 8.97. The summed E-state index contributed by atoms with van der Waals surface area (Å²) in [7, 11) is -0.294. The van der Waals surface area contributed by atoms with Gasteiger partial charge < -0.3 is 4.98 Å². The molecule has 0 saturated heterocycles. The number of benzene rings is 1. The fraction of sp³-hybridized carbons (Fsp3) is 0.385. The summed E-state index contributed by atoms with van der Waals surface area (Å²) < 4.78 is 27.6. The first kappa shape index (κ1) is 12.7. The number of H-pyrrole nitrogens is 1. The topological polar surface area (TPSA) is 65.2 Å². The maximum atomic E-state index is 11.8. The second kappa shape index (κ2) is 4.33. The normalized spacial score (nSPS) is 19.2. The van der Waals surface area contributed by atoms with Crippen LogP contribution in [0, 0.1) is 0 Å². The van der Waals surface area contributed by atoms with E-state index < -0.39 is 10.2 Å². The van der Waals surface area contributed by atoms with Gasteiger partial charge in [0, 0.05) is 43.2 Å². The number of rotatable bonds is 3. The van der Waals surface area contributed by atoms with Gasteiger partial charge in [-0.15, -0.1) is 0 Å². The van der Waals surface area contributed by atoms with Gasteiger partial charge in [-0.3, -0.25) is 0 Å². The van der Waals surface area contributed by atoms with Crippen molar-refractivity contribution in [3.05, 3.63) is 35.5 Å². The SMILES string of the molecule is CN(C)S(=O)(=O)NC1Cc2[nH]c3ccccc3c2C1. The molecule has 6 heteroatoms. The molecule has 1 aromatic heterocycles. The Labute approximate surface area is 112 Å². The fourth-order valence-electron chi connectivity index (χ4n) is 2.63. The molecule has 1 aliphatic carbocycles. The number of nitrogens with one attached hydrogen (secondary N) is 2. The largest absolute Gasteiger partial charge is 0.358 e. The Bertz CT molecular complexity index is 719. The van der Waals surface area contributed by atoms with Crippen molar-refractivity contribution in [2.45, 2.75) is 18.9 Å². The van der Waals surface area contributed by atoms with E-state index in [0.717, 1.165) is 24.1 Å². The zero-order chi connectivity index (χ0) is 13.6. The van der Waals surface area contributed by atoms with E-state index in [1.165, 1.54) is 29.4 Å². The third-order valence-electron chi connectivity index (χ3n) is 3.60. The molecule has 0 spiro atoms. The third kappa shape index (κ3) is 2.16. The molecule has 3 rings (SSSR count). The van der Waals surface area contributed by atoms with Crippen LogP contribution in [0.15, 0.2) is 24.3 Å². The molecule has 2 N–H and O–H groups in total. The van der Waals surface area contributed by atoms with Crippen molar-refractivity contribution in [2.75, 3.05) is 14.1 Å². The molecule has 0 radical (unpaired) electrons. The molecule has 1 atom stereocenters. The van der Waals surface area contributed by atoms with Crippen molar-refractivity contribution in [1.29, 1.82) is 0 Å². The zero-order valence-electron chi connectivity index (χ0n) is 11.0. The number of hydrogen-bond donors (Lipinski definition) is 2. The van der Waals surface area contributed by atoms with Crippen LogP contribution in [0.5, 0.6) is 0 Å². The van der Waals surface area contributed by atoms with E-state index in [1.54, 1.807) is 0 Å². The molecular weight excluding hydrogens is 262 g/mol. The predicted octanol–water partition coefficient (Wildman–Crippen LogP) is 1.03. The summed E-state index contributed by atoms with van der Waals surface area (Å²) in [5, 5.41) is 1.20. The van der Waals surface area contributed by atoms with Crippen LogP contribution in [-0.4, -0.2) is 37.8 Å². The summed E-state index contributed by atoms with van der Waals surface area (Å²) in [6.45, 7) is 0. The van der Waals surface area contributed by atoms with Crippen LogP contribution in [0.1, 0.15) is 11.3 Å². The first-order valence-electron chi connectivity index (χ1n) is 6.25. The van der Waals surface area contributed by atoms with E-state index in [0.29, 0.717) is 0 Å². The summed E-state index contributed by atoms with van der Waals surface area (Å²) in [5.74, 6) is 0. The molecular formula is C13H17N3O2S. The van der Waals surface area contributed by atoms with Crippen LogP contribution >= 0.6 is 0 Å². The number of aromatic amines is 1. The minimum atomic E-state index is -3.36. The van der Waals surface area contributed by atoms with Gasteiger partial charge in [0.2, 0.25) is 0 Å². The molecule has 0 fully saturated rings. The molecule has 0 saturated carbocycles. The van der Waals surface area contributed by atoms with E-state index in [9.17, 15) is 8.42 Å². The second-order valence-electron chi connectivity index (χ2n) is 5.14. The molecule has 0 bridgehead atoms. The third-order valence-corrected chi connectivity index (χ3v) is 5.19. The summed E-state index contributed by atoms with van der Waals surface area (Å²) in [6.07, 6.45) is 1.46. The van der Waals surface area contributed by atoms with Crippen LogP contribution in [0.25, 0.3) is 10.9 Å². The van der Waals surface area contributed by atoms with Gasteiger partial charge in [0.05, 0.1) is 0 Å². The summed E-state index contributed by atoms with van der Waals surface area (Å²) in [5.41, 5.74) is 3.51. The molecule has 102 valence electrons. The van der Waals surface area contributed by atoms with Crippen LogP contribution in [0.3, 0.4) is 0 Å². The Morgan fingerprint density at radius 1 is 1.26 bits per heavy atom. The van der Waals surface area contributed by atoms with E-state index in [4.69, 9.17) is 0 Å². The number of nitrogens with zero attached hydrogens (tertiary/aromatic N) is 1. The Hall–Kier alpha value is -1.37. The molecule has 0 amide bonds. The average molecular weight is 279 g/mol. The molecule has 0 aliphatic heterocycles. The Morgan fingerprint density at radius 3 is 2.74 bits per heavy atom. The fourth-order valence-corrected chi connectivity index (χ4v) is 3.43. The summed E-state index contributed by atoms with van der Waals surface area (Å²) in [6, 6.07) is 8.08. The Balaban J connectivity index is 1.85. The first-order valence-corrected chi connectivity index (χ1v) is 7.69. The highest BCUT2D eigenvalue weighted by atomic mass is 32.2. The van der Waals surface area contributed by atoms with Crippen molar-refractivity contribution in [2.24, 2.45) is 0 Å². The quantitative estimate of drug-likeness (QED) is 0.881. The molecule has 1 heterocycles. The lowest BCUT2D eigenvalue weighted by atomic mass is 10.1. The molecule has 1 aliphatic rings. The molecule has 19 heavy (non-hydrogen) atoms. The highest BCUT2D eigenvalue weighted by molar-refractivity contribution is 7.87. The van der Waals surface area contributed by atoms with E-state index >= 15 is 0 Å². The number of hydrogen-bond acceptors (Lipinski definition) is 2. The standard InChI is InChI=1S/C13H17N3O2S/c1-16(2)19(17,18)15-9-7-11-10-5-3-4-6-12(10)14-13(11)8-9/h3-6,9,14-15H,7-8H2,1-2H3. The van der Waals surface area contributed by atoms with Crippen LogP contribution in [0.2, 0.25) is 0 Å². The minimum Gasteiger partial charge on any atom is -0.358 e. The van der Waals surface area contributed by atoms with Gasteiger partial charge in [0.25, 0.3) is 10.2 Å². The summed E-state index contributed by atoms with van der Waals surface area (Å²) >= 11 is 0. The van der Waals surface area contributed by atoms with Crippen LogP contribution in [-0.2, 0) is 23.1 Å². The van der Waals surface area contributed by atoms with Gasteiger partial charge in [-0.2, -0.15) is 17.4 Å². The van der Waals surface area contributed by atoms with Crippen molar-refractivity contribution in [1.82, 2.24) is 14.0 Å². The average Bonchev–Trinajstić information content (AvgIpc) is 2.85. The number of aromatic nitrogens is 1. The maximum absolute atomic E-state index is 11.8. The smallest absolute Gasteiger partial charge is 0.279 e. The number of fused-ring (bicyclic) bond motifs is 3. The van der Waals surface area contributed by atoms with Crippen molar-refractivity contribution < 1.29 is 8.42 Å². The monoisotopic (exact) mass is 279 g/mol. The van der Waals surface area contributed by atoms with Gasteiger partial charge in [0.1, 0.15) is 0 Å². The maximum Gasteiger partial charge on any atom is 0.279 e. The van der Waals surface area contributed by atoms with Gasteiger partial charge >= 0.3 is 0 Å². The van der Waals surface area contributed by atoms with Crippen molar-refractivity contribution in [3.63, 3.8) is 0 Å². The molecule has 5 nitrogen and oxygen atoms in total. The van der Waals surface area contributed by atoms with Crippen molar-refractivity contribution in [3.8, 4) is 0 Å². The lowest BCUT2D eigenvalue weighted by Gasteiger charge is -2.17. The minimum absolute atomic E-state index is 0.0572. The van der Waals surface area contributed by atoms with E-state index in [2.05, 4.69) is 15.8 Å². The van der Waals surface area contributed by atoms with E-state index in [1.807, 2.05) is 18.2 Å². The lowest BCUT2D eigenvalue weighted by molar-refractivity contribution is 0.488. The Morgan fingerprint density at radius 2 is 2.00 bits per heavy atom. The lowest BCUT2D eigenvalue weighted by Crippen LogP contribution is -2.42. The second-order valence-corrected chi connectivity index (χ2v) is 7.05. The highest BCUT2D eigenvalue weighted by Crippen LogP contribution is 2.30. The van der Waals surface area contributed by atoms with Crippen molar-refractivity contribution >= 4 is 21.1 Å². The van der Waals surface area contributed by atoms with Crippen LogP contribution in [0.4, 0.5) is 0 Å². The molecule has 1 aromatic carbocycles. The predicted molar refractivity (Wildman–Crippen MR) is 75.2 cm³/mol. The highest BCUT2D eigenvalue weighted by Gasteiger charge is 2.29. The van der Waals surface area contributed by atoms with Crippen LogP contribution < -0.4 is 4.72 Å². The van der Waals surface area contributed by atoms with Gasteiger partial charge in [0.15, 0.2) is 0 Å². The molecule has 2 aromatic rings. The summed E-state index contributed by atoms with van der Waals surface area (Å²) in [4.78, 5) is 3.37. The molecule has 1 unspecified atom stereocenters. The zero-order valence-corrected chi connectivity index (χ0v) is 11.8. The van der Waals surface area contributed by atoms with E-state index in [-0.39, 0.29) is 6.04 Å². The van der Waals surface area contributed by atoms with Gasteiger partial charge in [-0.1, -0.05) is 18.2 Å². The van der Waals surface area contributed by atoms with Gasteiger partial charge in [-0.25, -0.2) is 0 Å². The van der Waals surface area contributed by atoms with Gasteiger partial charge in [-0.05, 0) is 18.1 Å². The number of para-hydroxylation sites is 1.